The van der Waals surface area contributed by atoms with Gasteiger partial charge in [-0.05, 0) is 22.1 Å². The second-order valence-electron chi connectivity index (χ2n) is 7.81. The average molecular weight is 606 g/mol. The Morgan fingerprint density at radius 1 is 1.00 bits per heavy atom. The first-order chi connectivity index (χ1) is 12.5. The first-order valence-electron chi connectivity index (χ1n) is 9.11. The van der Waals surface area contributed by atoms with Crippen LogP contribution in [-0.2, 0) is 18.5 Å². The summed E-state index contributed by atoms with van der Waals surface area (Å²) < 4.78 is 1.15. The van der Waals surface area contributed by atoms with Gasteiger partial charge in [-0.15, -0.1) is 24.0 Å². The van der Waals surface area contributed by atoms with Crippen molar-refractivity contribution in [1.29, 1.82) is 0 Å². The highest BCUT2D eigenvalue weighted by atomic mass is 127. The van der Waals surface area contributed by atoms with Crippen molar-refractivity contribution in [3.8, 4) is 0 Å². The number of amidine groups is 1. The predicted molar refractivity (Wildman–Crippen MR) is 139 cm³/mol. The van der Waals surface area contributed by atoms with E-state index < -0.39 is 0 Å². The molecule has 2 nitrogen and oxygen atoms in total. The van der Waals surface area contributed by atoms with Gasteiger partial charge in [0.25, 0.3) is 0 Å². The summed E-state index contributed by atoms with van der Waals surface area (Å²) in [4.78, 5) is 7.27. The third kappa shape index (κ3) is 6.63. The standard InChI is InChI=1S/C22H27IN2S.HI/c1-22(2,3)19-11-9-18(10-12-19)16-25(15-17-7-5-4-6-8-17)21-24-14-20(13-23)26-21;/h4-12,20H,13-16H2,1-3H3;1H. The van der Waals surface area contributed by atoms with Crippen LogP contribution >= 0.6 is 58.3 Å². The molecule has 27 heavy (non-hydrogen) atoms. The largest absolute Gasteiger partial charge is 0.343 e. The summed E-state index contributed by atoms with van der Waals surface area (Å²) in [5.74, 6) is 0. The number of hydrogen-bond donors (Lipinski definition) is 0. The molecule has 0 radical (unpaired) electrons. The number of halogens is 2. The van der Waals surface area contributed by atoms with Crippen LogP contribution in [0.5, 0.6) is 0 Å². The number of aliphatic imine (C=N–C) groups is 1. The van der Waals surface area contributed by atoms with Crippen molar-refractivity contribution in [1.82, 2.24) is 4.90 Å². The minimum Gasteiger partial charge on any atom is -0.343 e. The van der Waals surface area contributed by atoms with Crippen LogP contribution in [0.25, 0.3) is 0 Å². The van der Waals surface area contributed by atoms with Gasteiger partial charge in [-0.25, -0.2) is 0 Å². The number of hydrogen-bond acceptors (Lipinski definition) is 3. The lowest BCUT2D eigenvalue weighted by Crippen LogP contribution is -2.27. The molecule has 0 amide bonds. The van der Waals surface area contributed by atoms with Gasteiger partial charge in [-0.1, -0.05) is 110 Å². The molecule has 2 aromatic rings. The third-order valence-corrected chi connectivity index (χ3v) is 7.46. The van der Waals surface area contributed by atoms with Crippen LogP contribution in [0.15, 0.2) is 59.6 Å². The molecule has 0 bridgehead atoms. The Hall–Kier alpha value is -0.280. The van der Waals surface area contributed by atoms with Crippen molar-refractivity contribution in [3.63, 3.8) is 0 Å². The van der Waals surface area contributed by atoms with E-state index in [0.717, 1.165) is 24.1 Å². The van der Waals surface area contributed by atoms with Gasteiger partial charge >= 0.3 is 0 Å². The monoisotopic (exact) mass is 606 g/mol. The van der Waals surface area contributed by atoms with E-state index in [1.165, 1.54) is 21.9 Å². The lowest BCUT2D eigenvalue weighted by molar-refractivity contribution is 0.414. The highest BCUT2D eigenvalue weighted by Crippen LogP contribution is 2.28. The SMILES string of the molecule is CC(C)(C)c1ccc(CN(Cc2ccccc2)C2=NCC(CI)S2)cc1.I. The molecule has 3 rings (SSSR count). The molecular formula is C22H28I2N2S. The second-order valence-corrected chi connectivity index (χ2v) is 9.95. The molecule has 1 unspecified atom stereocenters. The minimum atomic E-state index is 0. The van der Waals surface area contributed by atoms with Crippen LogP contribution in [0.2, 0.25) is 0 Å². The molecule has 0 saturated heterocycles. The normalized spacial score (nSPS) is 16.6. The molecule has 1 heterocycles. The Morgan fingerprint density at radius 2 is 1.59 bits per heavy atom. The number of alkyl halides is 1. The summed E-state index contributed by atoms with van der Waals surface area (Å²) in [6.45, 7) is 9.53. The maximum absolute atomic E-state index is 4.84. The van der Waals surface area contributed by atoms with Gasteiger partial charge in [0, 0.05) is 22.8 Å². The van der Waals surface area contributed by atoms with Crippen molar-refractivity contribution in [2.24, 2.45) is 4.99 Å². The maximum atomic E-state index is 4.84. The molecule has 0 aliphatic carbocycles. The van der Waals surface area contributed by atoms with Crippen LogP contribution in [0, 0.1) is 0 Å². The van der Waals surface area contributed by atoms with Crippen molar-refractivity contribution in [2.45, 2.75) is 44.5 Å². The van der Waals surface area contributed by atoms with E-state index in [1.54, 1.807) is 0 Å². The molecule has 2 aromatic carbocycles. The van der Waals surface area contributed by atoms with Gasteiger partial charge in [0.2, 0.25) is 0 Å². The van der Waals surface area contributed by atoms with E-state index >= 15 is 0 Å². The summed E-state index contributed by atoms with van der Waals surface area (Å²) in [5, 5.41) is 1.81. The Kier molecular flexibility index (Phi) is 8.93. The van der Waals surface area contributed by atoms with Crippen LogP contribution in [-0.4, -0.2) is 26.3 Å². The smallest absolute Gasteiger partial charge is 0.160 e. The van der Waals surface area contributed by atoms with E-state index in [0.29, 0.717) is 5.25 Å². The Labute approximate surface area is 198 Å². The van der Waals surface area contributed by atoms with E-state index in [2.05, 4.69) is 103 Å². The lowest BCUT2D eigenvalue weighted by Gasteiger charge is -2.25. The fourth-order valence-corrected chi connectivity index (χ4v) is 4.74. The first-order valence-corrected chi connectivity index (χ1v) is 11.5. The van der Waals surface area contributed by atoms with E-state index in [-0.39, 0.29) is 29.4 Å². The number of rotatable bonds is 5. The third-order valence-electron chi connectivity index (χ3n) is 4.55. The van der Waals surface area contributed by atoms with Gasteiger partial charge in [-0.3, -0.25) is 4.99 Å². The van der Waals surface area contributed by atoms with E-state index in [1.807, 2.05) is 11.8 Å². The fourth-order valence-electron chi connectivity index (χ4n) is 2.98. The highest BCUT2D eigenvalue weighted by molar-refractivity contribution is 14.1. The zero-order chi connectivity index (χ0) is 18.6. The predicted octanol–water partition coefficient (Wildman–Crippen LogP) is 6.51. The topological polar surface area (TPSA) is 15.6 Å². The van der Waals surface area contributed by atoms with Crippen LogP contribution in [0.3, 0.4) is 0 Å². The van der Waals surface area contributed by atoms with Crippen molar-refractivity contribution >= 4 is 63.5 Å². The van der Waals surface area contributed by atoms with E-state index in [4.69, 9.17) is 4.99 Å². The van der Waals surface area contributed by atoms with Gasteiger partial charge in [-0.2, -0.15) is 0 Å². The summed E-state index contributed by atoms with van der Waals surface area (Å²) in [7, 11) is 0. The average Bonchev–Trinajstić information content (AvgIpc) is 3.11. The molecule has 0 fully saturated rings. The second kappa shape index (κ2) is 10.5. The molecule has 5 heteroatoms. The van der Waals surface area contributed by atoms with Gasteiger partial charge in [0.05, 0.1) is 6.54 Å². The highest BCUT2D eigenvalue weighted by Gasteiger charge is 2.23. The first kappa shape index (κ1) is 23.0. The summed E-state index contributed by atoms with van der Waals surface area (Å²) >= 11 is 4.40. The zero-order valence-electron chi connectivity index (χ0n) is 16.2. The van der Waals surface area contributed by atoms with Crippen LogP contribution < -0.4 is 0 Å². The van der Waals surface area contributed by atoms with Gasteiger partial charge in [0.15, 0.2) is 5.17 Å². The number of nitrogens with zero attached hydrogens (tertiary/aromatic N) is 2. The van der Waals surface area contributed by atoms with Crippen LogP contribution in [0.1, 0.15) is 37.5 Å². The maximum Gasteiger partial charge on any atom is 0.160 e. The zero-order valence-corrected chi connectivity index (χ0v) is 21.5. The molecule has 146 valence electrons. The van der Waals surface area contributed by atoms with Crippen molar-refractivity contribution in [2.75, 3.05) is 11.0 Å². The lowest BCUT2D eigenvalue weighted by atomic mass is 9.87. The number of benzene rings is 2. The Morgan fingerprint density at radius 3 is 2.11 bits per heavy atom. The minimum absolute atomic E-state index is 0. The summed E-state index contributed by atoms with van der Waals surface area (Å²) in [5.41, 5.74) is 4.25. The Bertz CT molecular complexity index is 739. The van der Waals surface area contributed by atoms with Crippen molar-refractivity contribution < 1.29 is 0 Å². The fraction of sp³-hybridized carbons (Fsp3) is 0.409. The molecular weight excluding hydrogens is 578 g/mol. The molecule has 0 spiro atoms. The molecule has 0 saturated carbocycles. The van der Waals surface area contributed by atoms with Crippen molar-refractivity contribution in [3.05, 3.63) is 71.3 Å². The molecule has 0 aromatic heterocycles. The van der Waals surface area contributed by atoms with E-state index in [9.17, 15) is 0 Å². The summed E-state index contributed by atoms with van der Waals surface area (Å²) in [6, 6.07) is 19.8. The van der Waals surface area contributed by atoms with Gasteiger partial charge in [0.1, 0.15) is 0 Å². The Balaban J connectivity index is 0.00000261. The van der Waals surface area contributed by atoms with Crippen LogP contribution in [0.4, 0.5) is 0 Å². The molecule has 0 N–H and O–H groups in total. The van der Waals surface area contributed by atoms with Gasteiger partial charge < -0.3 is 4.90 Å². The molecule has 1 atom stereocenters. The molecule has 1 aliphatic heterocycles. The quantitative estimate of drug-likeness (QED) is 0.285. The number of thioether (sulfide) groups is 1. The summed E-state index contributed by atoms with van der Waals surface area (Å²) in [6.07, 6.45) is 0. The molecule has 1 aliphatic rings.